The molecule has 2 aromatic carbocycles. The fourth-order valence-corrected chi connectivity index (χ4v) is 3.14. The van der Waals surface area contributed by atoms with Crippen molar-refractivity contribution in [1.29, 1.82) is 0 Å². The van der Waals surface area contributed by atoms with E-state index in [4.69, 9.17) is 14.6 Å². The van der Waals surface area contributed by atoms with Crippen molar-refractivity contribution >= 4 is 17.4 Å². The van der Waals surface area contributed by atoms with Gasteiger partial charge in [-0.2, -0.15) is 0 Å². The minimum absolute atomic E-state index is 0.00808. The van der Waals surface area contributed by atoms with E-state index in [0.717, 1.165) is 21.8 Å². The Kier molecular flexibility index (Phi) is 5.82. The van der Waals surface area contributed by atoms with Crippen molar-refractivity contribution in [3.05, 3.63) is 71.2 Å². The molecule has 0 aliphatic rings. The quantitative estimate of drug-likeness (QED) is 0.684. The highest BCUT2D eigenvalue weighted by Gasteiger charge is 2.08. The molecule has 1 heterocycles. The molecule has 1 aromatic heterocycles. The van der Waals surface area contributed by atoms with E-state index < -0.39 is 0 Å². The molecule has 0 spiro atoms. The van der Waals surface area contributed by atoms with Gasteiger partial charge < -0.3 is 14.6 Å². The van der Waals surface area contributed by atoms with E-state index in [2.05, 4.69) is 4.98 Å². The van der Waals surface area contributed by atoms with E-state index in [1.165, 1.54) is 0 Å². The Balaban J connectivity index is 1.69. The fraction of sp³-hybridized carbons (Fsp3) is 0.150. The first kappa shape index (κ1) is 17.2. The van der Waals surface area contributed by atoms with E-state index >= 15 is 0 Å². The van der Waals surface area contributed by atoms with E-state index in [1.807, 2.05) is 60.0 Å². The molecule has 25 heavy (non-hydrogen) atoms. The van der Waals surface area contributed by atoms with Gasteiger partial charge in [0.25, 0.3) is 0 Å². The molecule has 3 aromatic rings. The summed E-state index contributed by atoms with van der Waals surface area (Å²) in [5.41, 5.74) is 2.93. The Labute approximate surface area is 151 Å². The first-order valence-electron chi connectivity index (χ1n) is 7.88. The third kappa shape index (κ3) is 4.47. The normalized spacial score (nSPS) is 11.0. The van der Waals surface area contributed by atoms with Crippen LogP contribution >= 0.6 is 11.3 Å². The summed E-state index contributed by atoms with van der Waals surface area (Å²) in [6, 6.07) is 15.7. The topological polar surface area (TPSA) is 51.6 Å². The lowest BCUT2D eigenvalue weighted by atomic mass is 10.2. The number of aliphatic hydroxyl groups excluding tert-OH is 1. The summed E-state index contributed by atoms with van der Waals surface area (Å²) in [7, 11) is 1.61. The summed E-state index contributed by atoms with van der Waals surface area (Å²) in [4.78, 5) is 4.62. The number of hydrogen-bond acceptors (Lipinski definition) is 5. The zero-order chi connectivity index (χ0) is 17.5. The highest BCUT2D eigenvalue weighted by molar-refractivity contribution is 7.13. The molecule has 0 aliphatic carbocycles. The lowest BCUT2D eigenvalue weighted by molar-refractivity contribution is 0.281. The van der Waals surface area contributed by atoms with Gasteiger partial charge in [-0.3, -0.25) is 0 Å². The molecule has 0 unspecified atom stereocenters. The summed E-state index contributed by atoms with van der Waals surface area (Å²) in [6.07, 6.45) is 3.51. The number of aromatic nitrogens is 1. The van der Waals surface area contributed by atoms with Gasteiger partial charge in [0.2, 0.25) is 0 Å². The first-order chi connectivity index (χ1) is 12.3. The van der Waals surface area contributed by atoms with E-state index in [0.29, 0.717) is 18.1 Å². The maximum Gasteiger partial charge on any atom is 0.161 e. The molecular formula is C20H19NO3S. The van der Waals surface area contributed by atoms with Gasteiger partial charge in [0, 0.05) is 10.9 Å². The molecule has 3 rings (SSSR count). The van der Waals surface area contributed by atoms with Crippen LogP contribution in [0.2, 0.25) is 0 Å². The van der Waals surface area contributed by atoms with Crippen LogP contribution in [0, 0.1) is 0 Å². The standard InChI is InChI=1S/C20H19NO3S/c1-23-19-12-15(6-5-11-22)9-10-18(19)24-13-17-14-25-20(21-17)16-7-3-2-4-8-16/h2-10,12,14,22H,11,13H2,1H3. The van der Waals surface area contributed by atoms with Crippen molar-refractivity contribution in [1.82, 2.24) is 4.98 Å². The van der Waals surface area contributed by atoms with Crippen LogP contribution in [-0.4, -0.2) is 23.8 Å². The van der Waals surface area contributed by atoms with Crippen LogP contribution in [0.3, 0.4) is 0 Å². The molecule has 1 N–H and O–H groups in total. The van der Waals surface area contributed by atoms with E-state index in [9.17, 15) is 0 Å². The van der Waals surface area contributed by atoms with Crippen molar-refractivity contribution in [2.75, 3.05) is 13.7 Å². The summed E-state index contributed by atoms with van der Waals surface area (Å²) < 4.78 is 11.3. The molecule has 128 valence electrons. The molecule has 0 radical (unpaired) electrons. The summed E-state index contributed by atoms with van der Waals surface area (Å²) >= 11 is 1.60. The molecule has 0 aliphatic heterocycles. The zero-order valence-corrected chi connectivity index (χ0v) is 14.7. The number of thiazole rings is 1. The second-order valence-corrected chi connectivity index (χ2v) is 6.15. The predicted molar refractivity (Wildman–Crippen MR) is 101 cm³/mol. The summed E-state index contributed by atoms with van der Waals surface area (Å²) in [5.74, 6) is 1.32. The number of ether oxygens (including phenoxy) is 2. The minimum atomic E-state index is 0.00808. The number of rotatable bonds is 7. The Morgan fingerprint density at radius 1 is 1.12 bits per heavy atom. The third-order valence-corrected chi connectivity index (χ3v) is 4.49. The van der Waals surface area contributed by atoms with Crippen molar-refractivity contribution in [2.45, 2.75) is 6.61 Å². The maximum atomic E-state index is 8.85. The summed E-state index contributed by atoms with van der Waals surface area (Å²) in [5, 5.41) is 11.8. The van der Waals surface area contributed by atoms with E-state index in [-0.39, 0.29) is 6.61 Å². The van der Waals surface area contributed by atoms with Crippen LogP contribution < -0.4 is 9.47 Å². The van der Waals surface area contributed by atoms with Crippen LogP contribution in [-0.2, 0) is 6.61 Å². The van der Waals surface area contributed by atoms with Crippen LogP contribution in [0.15, 0.2) is 60.0 Å². The van der Waals surface area contributed by atoms with Gasteiger partial charge >= 0.3 is 0 Å². The highest BCUT2D eigenvalue weighted by Crippen LogP contribution is 2.30. The van der Waals surface area contributed by atoms with Gasteiger partial charge in [0.05, 0.1) is 19.4 Å². The van der Waals surface area contributed by atoms with Gasteiger partial charge in [0.15, 0.2) is 11.5 Å². The van der Waals surface area contributed by atoms with Gasteiger partial charge in [0.1, 0.15) is 11.6 Å². The Morgan fingerprint density at radius 2 is 1.96 bits per heavy atom. The molecule has 0 saturated carbocycles. The number of hydrogen-bond donors (Lipinski definition) is 1. The number of aliphatic hydroxyl groups is 1. The van der Waals surface area contributed by atoms with Crippen LogP contribution in [0.1, 0.15) is 11.3 Å². The molecule has 0 amide bonds. The van der Waals surface area contributed by atoms with Crippen molar-refractivity contribution in [3.8, 4) is 22.1 Å². The van der Waals surface area contributed by atoms with E-state index in [1.54, 1.807) is 24.5 Å². The van der Waals surface area contributed by atoms with Crippen molar-refractivity contribution in [2.24, 2.45) is 0 Å². The molecular weight excluding hydrogens is 334 g/mol. The van der Waals surface area contributed by atoms with Crippen LogP contribution in [0.5, 0.6) is 11.5 Å². The minimum Gasteiger partial charge on any atom is -0.493 e. The van der Waals surface area contributed by atoms with Gasteiger partial charge in [-0.1, -0.05) is 48.6 Å². The molecule has 0 saturated heterocycles. The predicted octanol–water partition coefficient (Wildman–Crippen LogP) is 4.40. The van der Waals surface area contributed by atoms with Crippen LogP contribution in [0.25, 0.3) is 16.6 Å². The lowest BCUT2D eigenvalue weighted by Gasteiger charge is -2.10. The third-order valence-electron chi connectivity index (χ3n) is 3.55. The maximum absolute atomic E-state index is 8.85. The molecule has 0 bridgehead atoms. The Morgan fingerprint density at radius 3 is 2.72 bits per heavy atom. The fourth-order valence-electron chi connectivity index (χ4n) is 2.33. The van der Waals surface area contributed by atoms with Crippen molar-refractivity contribution < 1.29 is 14.6 Å². The average molecular weight is 353 g/mol. The summed E-state index contributed by atoms with van der Waals surface area (Å²) in [6.45, 7) is 0.389. The average Bonchev–Trinajstić information content (AvgIpc) is 3.14. The van der Waals surface area contributed by atoms with Gasteiger partial charge in [-0.05, 0) is 17.7 Å². The van der Waals surface area contributed by atoms with Gasteiger partial charge in [-0.15, -0.1) is 11.3 Å². The highest BCUT2D eigenvalue weighted by atomic mass is 32.1. The SMILES string of the molecule is COc1cc(C=CCO)ccc1OCc1csc(-c2ccccc2)n1. The number of methoxy groups -OCH3 is 1. The monoisotopic (exact) mass is 353 g/mol. The van der Waals surface area contributed by atoms with Gasteiger partial charge in [-0.25, -0.2) is 4.98 Å². The smallest absolute Gasteiger partial charge is 0.161 e. The molecule has 5 heteroatoms. The zero-order valence-electron chi connectivity index (χ0n) is 13.9. The van der Waals surface area contributed by atoms with Crippen molar-refractivity contribution in [3.63, 3.8) is 0 Å². The second kappa shape index (κ2) is 8.46. The number of benzene rings is 2. The largest absolute Gasteiger partial charge is 0.493 e. The van der Waals surface area contributed by atoms with Crippen LogP contribution in [0.4, 0.5) is 0 Å². The Hall–Kier alpha value is -2.63. The second-order valence-electron chi connectivity index (χ2n) is 5.29. The lowest BCUT2D eigenvalue weighted by Crippen LogP contribution is -1.98. The molecule has 4 nitrogen and oxygen atoms in total. The number of nitrogens with zero attached hydrogens (tertiary/aromatic N) is 1. The first-order valence-corrected chi connectivity index (χ1v) is 8.76. The molecule has 0 fully saturated rings. The Bertz CT molecular complexity index is 843. The molecule has 0 atom stereocenters.